The van der Waals surface area contributed by atoms with E-state index in [1.165, 1.54) is 0 Å². The lowest BCUT2D eigenvalue weighted by Crippen LogP contribution is -2.62. The molecule has 0 bridgehead atoms. The van der Waals surface area contributed by atoms with E-state index >= 15 is 0 Å². The summed E-state index contributed by atoms with van der Waals surface area (Å²) in [5, 5.41) is 25.3. The highest BCUT2D eigenvalue weighted by molar-refractivity contribution is 7.90. The molecular formula is C37H58N2O5S. The van der Waals surface area contributed by atoms with Gasteiger partial charge in [0.25, 0.3) is 10.0 Å². The number of benzene rings is 1. The number of aliphatic hydroxyl groups excluding tert-OH is 2. The molecule has 4 N–H and O–H groups in total. The van der Waals surface area contributed by atoms with E-state index in [-0.39, 0.29) is 51.1 Å². The Kier molecular flexibility index (Phi) is 9.65. The minimum absolute atomic E-state index is 0.0648. The number of hydrogen-bond acceptors (Lipinski definition) is 5. The number of sulfonamides is 1. The third-order valence-corrected chi connectivity index (χ3v) is 14.7. The molecule has 4 aliphatic rings. The summed E-state index contributed by atoms with van der Waals surface area (Å²) in [6.45, 7) is 17.9. The average molecular weight is 643 g/mol. The second-order valence-electron chi connectivity index (χ2n) is 16.4. The van der Waals surface area contributed by atoms with E-state index in [1.54, 1.807) is 24.3 Å². The van der Waals surface area contributed by atoms with Gasteiger partial charge in [-0.2, -0.15) is 0 Å². The van der Waals surface area contributed by atoms with Crippen molar-refractivity contribution in [2.45, 2.75) is 122 Å². The smallest absolute Gasteiger partial charge is 0.328 e. The van der Waals surface area contributed by atoms with Crippen LogP contribution in [0.5, 0.6) is 0 Å². The van der Waals surface area contributed by atoms with Crippen molar-refractivity contribution in [2.24, 2.45) is 52.3 Å². The maximum atomic E-state index is 12.9. The normalized spacial score (nSPS) is 38.8. The van der Waals surface area contributed by atoms with Crippen molar-refractivity contribution in [2.75, 3.05) is 6.54 Å². The van der Waals surface area contributed by atoms with E-state index in [0.29, 0.717) is 36.6 Å². The lowest BCUT2D eigenvalue weighted by Gasteiger charge is -2.64. The van der Waals surface area contributed by atoms with Gasteiger partial charge in [0.2, 0.25) is 0 Å². The summed E-state index contributed by atoms with van der Waals surface area (Å²) in [5.74, 6) is 2.43. The number of urea groups is 1. The number of nitrogens with one attached hydrogen (secondary N) is 2. The van der Waals surface area contributed by atoms with E-state index in [0.717, 1.165) is 56.9 Å². The van der Waals surface area contributed by atoms with E-state index in [1.807, 2.05) is 6.08 Å². The fraction of sp³-hybridized carbons (Fsp3) is 0.757. The fourth-order valence-corrected chi connectivity index (χ4v) is 11.8. The third kappa shape index (κ3) is 6.25. The molecule has 5 rings (SSSR count). The maximum absolute atomic E-state index is 12.9. The van der Waals surface area contributed by atoms with Crippen LogP contribution in [0.25, 0.3) is 0 Å². The van der Waals surface area contributed by atoms with Crippen molar-refractivity contribution in [3.8, 4) is 0 Å². The summed E-state index contributed by atoms with van der Waals surface area (Å²) in [5.41, 5.74) is 1.18. The first-order valence-corrected chi connectivity index (χ1v) is 18.9. The molecule has 4 saturated carbocycles. The van der Waals surface area contributed by atoms with Gasteiger partial charge in [-0.1, -0.05) is 66.2 Å². The molecule has 0 saturated heterocycles. The number of carbonyl (C=O) groups is 1. The summed E-state index contributed by atoms with van der Waals surface area (Å²) >= 11 is 0. The zero-order valence-corrected chi connectivity index (χ0v) is 29.2. The van der Waals surface area contributed by atoms with Gasteiger partial charge >= 0.3 is 6.03 Å². The van der Waals surface area contributed by atoms with Crippen LogP contribution in [0.4, 0.5) is 4.79 Å². The molecule has 1 aromatic rings. The first kappa shape index (κ1) is 34.4. The molecule has 252 valence electrons. The Morgan fingerprint density at radius 3 is 2.29 bits per heavy atom. The Morgan fingerprint density at radius 2 is 1.67 bits per heavy atom. The van der Waals surface area contributed by atoms with Crippen molar-refractivity contribution in [3.05, 3.63) is 42.5 Å². The molecule has 0 unspecified atom stereocenters. The number of rotatable bonds is 8. The number of carbonyl (C=O) groups excluding carboxylic acids is 1. The molecular weight excluding hydrogens is 584 g/mol. The number of fused-ring (bicyclic) bond motifs is 5. The second-order valence-corrected chi connectivity index (χ2v) is 18.1. The molecule has 0 heterocycles. The van der Waals surface area contributed by atoms with Gasteiger partial charge < -0.3 is 15.5 Å². The van der Waals surface area contributed by atoms with Crippen LogP contribution in [0.2, 0.25) is 0 Å². The average Bonchev–Trinajstić information content (AvgIpc) is 3.32. The summed E-state index contributed by atoms with van der Waals surface area (Å²) in [6, 6.07) is 5.94. The van der Waals surface area contributed by atoms with Gasteiger partial charge in [-0.3, -0.25) is 0 Å². The van der Waals surface area contributed by atoms with Crippen molar-refractivity contribution >= 4 is 16.1 Å². The predicted molar refractivity (Wildman–Crippen MR) is 179 cm³/mol. The van der Waals surface area contributed by atoms with Gasteiger partial charge in [-0.05, 0) is 127 Å². The molecule has 0 aromatic heterocycles. The van der Waals surface area contributed by atoms with Crippen LogP contribution < -0.4 is 10.0 Å². The maximum Gasteiger partial charge on any atom is 0.328 e. The Labute approximate surface area is 272 Å². The van der Waals surface area contributed by atoms with Gasteiger partial charge in [0.1, 0.15) is 0 Å². The number of hydrogen-bond donors (Lipinski definition) is 4. The van der Waals surface area contributed by atoms with Gasteiger partial charge in [0.15, 0.2) is 0 Å². The number of allylic oxidation sites excluding steroid dienone is 1. The molecule has 1 aromatic carbocycles. The van der Waals surface area contributed by atoms with Gasteiger partial charge in [-0.15, -0.1) is 6.58 Å². The SMILES string of the molecule is C=C[C@H](CCNC(=O)NS(=O)(=O)c1ccc(C(C)(C)C)cc1)[C@H]1CC[C@H]2[C@@H]3[C@H](O)[C@H](CC)[C@@H]4C[C@H](O)CC[C@]4(C)[C@H]3CC[C@]12C. The highest BCUT2D eigenvalue weighted by Gasteiger charge is 2.65. The highest BCUT2D eigenvalue weighted by Crippen LogP contribution is 2.69. The molecule has 7 nitrogen and oxygen atoms in total. The highest BCUT2D eigenvalue weighted by atomic mass is 32.2. The van der Waals surface area contributed by atoms with Gasteiger partial charge in [0, 0.05) is 6.54 Å². The standard InChI is InChI=1S/C37H58N2O5S/c1-8-23(18-21-38-34(42)39-45(43,44)26-12-10-24(11-13-26)35(3,4)5)28-14-15-29-32-30(17-20-36(28,29)6)37(7)19-16-25(40)22-31(37)27(9-2)33(32)41/h8,10-13,23,25,27-33,40-41H,1,9,14-22H2,2-7H3,(H2,38,39,42)/t23-,25-,27-,28-,29+,30+,31+,32+,33-,36-,37-/m1/s1. The summed E-state index contributed by atoms with van der Waals surface area (Å²) < 4.78 is 27.9. The zero-order valence-electron chi connectivity index (χ0n) is 28.4. The Morgan fingerprint density at radius 1 is 1.02 bits per heavy atom. The second kappa shape index (κ2) is 12.6. The van der Waals surface area contributed by atoms with Crippen LogP contribution in [-0.2, 0) is 15.4 Å². The van der Waals surface area contributed by atoms with E-state index in [2.05, 4.69) is 58.2 Å². The Bertz CT molecular complexity index is 1340. The molecule has 45 heavy (non-hydrogen) atoms. The molecule has 0 aliphatic heterocycles. The lowest BCUT2D eigenvalue weighted by atomic mass is 9.41. The minimum atomic E-state index is -3.98. The monoisotopic (exact) mass is 642 g/mol. The van der Waals surface area contributed by atoms with Crippen molar-refractivity contribution in [1.82, 2.24) is 10.0 Å². The first-order valence-electron chi connectivity index (χ1n) is 17.5. The van der Waals surface area contributed by atoms with Crippen LogP contribution in [0.15, 0.2) is 41.8 Å². The molecule has 2 amide bonds. The molecule has 0 spiro atoms. The van der Waals surface area contributed by atoms with E-state index in [9.17, 15) is 23.4 Å². The summed E-state index contributed by atoms with van der Waals surface area (Å²) in [4.78, 5) is 12.8. The van der Waals surface area contributed by atoms with E-state index in [4.69, 9.17) is 0 Å². The fourth-order valence-electron chi connectivity index (χ4n) is 10.9. The van der Waals surface area contributed by atoms with Crippen LogP contribution in [-0.4, -0.2) is 43.4 Å². The Hall–Kier alpha value is -1.90. The molecule has 8 heteroatoms. The van der Waals surface area contributed by atoms with Crippen molar-refractivity contribution in [1.29, 1.82) is 0 Å². The third-order valence-electron chi connectivity index (χ3n) is 13.3. The molecule has 4 aliphatic carbocycles. The topological polar surface area (TPSA) is 116 Å². The van der Waals surface area contributed by atoms with Gasteiger partial charge in [0.05, 0.1) is 17.1 Å². The number of aliphatic hydroxyl groups is 2. The summed E-state index contributed by atoms with van der Waals surface area (Å²) in [7, 11) is -3.98. The van der Waals surface area contributed by atoms with Crippen molar-refractivity contribution < 1.29 is 23.4 Å². The minimum Gasteiger partial charge on any atom is -0.393 e. The molecule has 4 fully saturated rings. The molecule has 0 radical (unpaired) electrons. The van der Waals surface area contributed by atoms with Crippen LogP contribution in [0.3, 0.4) is 0 Å². The first-order chi connectivity index (χ1) is 21.1. The van der Waals surface area contributed by atoms with Crippen molar-refractivity contribution in [3.63, 3.8) is 0 Å². The van der Waals surface area contributed by atoms with Gasteiger partial charge in [-0.25, -0.2) is 17.9 Å². The van der Waals surface area contributed by atoms with E-state index < -0.39 is 16.1 Å². The molecule has 11 atom stereocenters. The number of amides is 2. The van der Waals surface area contributed by atoms with Crippen LogP contribution in [0, 0.1) is 52.3 Å². The summed E-state index contributed by atoms with van der Waals surface area (Å²) in [6.07, 6.45) is 10.3. The van der Waals surface area contributed by atoms with Crippen LogP contribution >= 0.6 is 0 Å². The lowest BCUT2D eigenvalue weighted by molar-refractivity contribution is -0.203. The predicted octanol–water partition coefficient (Wildman–Crippen LogP) is 6.79. The Balaban J connectivity index is 1.22. The zero-order chi connectivity index (χ0) is 32.9. The largest absolute Gasteiger partial charge is 0.393 e. The quantitative estimate of drug-likeness (QED) is 0.233. The van der Waals surface area contributed by atoms with Crippen LogP contribution in [0.1, 0.15) is 105 Å².